The highest BCUT2D eigenvalue weighted by Crippen LogP contribution is 2.30. The van der Waals surface area contributed by atoms with Gasteiger partial charge in [-0.2, -0.15) is 0 Å². The molecule has 6 nitrogen and oxygen atoms in total. The third-order valence-electron chi connectivity index (χ3n) is 4.34. The van der Waals surface area contributed by atoms with E-state index in [1.54, 1.807) is 31.4 Å². The maximum absolute atomic E-state index is 11.5. The molecule has 0 spiro atoms. The first-order valence-corrected chi connectivity index (χ1v) is 7.81. The van der Waals surface area contributed by atoms with Crippen LogP contribution in [-0.4, -0.2) is 22.4 Å². The molecule has 0 bridgehead atoms. The molecule has 25 heavy (non-hydrogen) atoms. The van der Waals surface area contributed by atoms with Gasteiger partial charge in [0.25, 0.3) is 5.69 Å². The largest absolute Gasteiger partial charge is 0.496 e. The van der Waals surface area contributed by atoms with E-state index >= 15 is 0 Å². The van der Waals surface area contributed by atoms with Crippen molar-refractivity contribution in [3.05, 3.63) is 69.4 Å². The first-order chi connectivity index (χ1) is 11.9. The molecule has 0 fully saturated rings. The monoisotopic (exact) mass is 338 g/mol. The number of Topliss-reactive ketones (excluding diaryl/α,β-unsaturated/α-hetero) is 1. The highest BCUT2D eigenvalue weighted by atomic mass is 16.6. The zero-order valence-corrected chi connectivity index (χ0v) is 14.3. The second kappa shape index (κ2) is 6.39. The number of fused-ring (bicyclic) bond motifs is 1. The zero-order chi connectivity index (χ0) is 18.1. The first kappa shape index (κ1) is 16.7. The molecule has 3 aromatic rings. The Morgan fingerprint density at radius 2 is 1.96 bits per heavy atom. The van der Waals surface area contributed by atoms with Crippen LogP contribution in [0.5, 0.6) is 5.75 Å². The lowest BCUT2D eigenvalue weighted by atomic mass is 10.0. The number of nitro groups is 1. The number of aromatic nitrogens is 1. The molecule has 0 radical (unpaired) electrons. The number of carbonyl (C=O) groups excluding carboxylic acids is 1. The van der Waals surface area contributed by atoms with Gasteiger partial charge in [0.1, 0.15) is 5.75 Å². The van der Waals surface area contributed by atoms with Crippen molar-refractivity contribution < 1.29 is 14.5 Å². The van der Waals surface area contributed by atoms with Gasteiger partial charge < -0.3 is 9.30 Å². The number of methoxy groups -OCH3 is 1. The van der Waals surface area contributed by atoms with Gasteiger partial charge in [0.15, 0.2) is 5.78 Å². The van der Waals surface area contributed by atoms with Crippen LogP contribution in [0.15, 0.2) is 42.6 Å². The minimum absolute atomic E-state index is 0.0226. The first-order valence-electron chi connectivity index (χ1n) is 7.81. The second-order valence-corrected chi connectivity index (χ2v) is 5.98. The maximum atomic E-state index is 11.5. The molecule has 0 saturated heterocycles. The highest BCUT2D eigenvalue weighted by Gasteiger charge is 2.15. The van der Waals surface area contributed by atoms with E-state index in [4.69, 9.17) is 4.74 Å². The Bertz CT molecular complexity index is 988. The van der Waals surface area contributed by atoms with E-state index in [1.807, 2.05) is 23.9 Å². The summed E-state index contributed by atoms with van der Waals surface area (Å²) in [5, 5.41) is 11.9. The van der Waals surface area contributed by atoms with Crippen LogP contribution in [0.4, 0.5) is 5.69 Å². The molecule has 0 aliphatic carbocycles. The quantitative estimate of drug-likeness (QED) is 0.402. The number of nitrogens with zero attached hydrogens (tertiary/aromatic N) is 2. The predicted octanol–water partition coefficient (Wildman–Crippen LogP) is 3.89. The summed E-state index contributed by atoms with van der Waals surface area (Å²) in [6.07, 6.45) is 2.52. The van der Waals surface area contributed by atoms with Crippen LogP contribution >= 0.6 is 0 Å². The van der Waals surface area contributed by atoms with Crippen LogP contribution < -0.4 is 4.74 Å². The van der Waals surface area contributed by atoms with E-state index in [2.05, 4.69) is 0 Å². The van der Waals surface area contributed by atoms with E-state index in [0.29, 0.717) is 17.7 Å². The molecule has 0 amide bonds. The van der Waals surface area contributed by atoms with Crippen molar-refractivity contribution in [3.8, 4) is 5.75 Å². The lowest BCUT2D eigenvalue weighted by Gasteiger charge is -2.09. The Hall–Kier alpha value is -3.15. The minimum Gasteiger partial charge on any atom is -0.496 e. The van der Waals surface area contributed by atoms with E-state index < -0.39 is 4.92 Å². The van der Waals surface area contributed by atoms with Gasteiger partial charge in [0, 0.05) is 48.3 Å². The summed E-state index contributed by atoms with van der Waals surface area (Å²) < 4.78 is 7.37. The number of hydrogen-bond acceptors (Lipinski definition) is 4. The summed E-state index contributed by atoms with van der Waals surface area (Å²) in [7, 11) is 3.48. The van der Waals surface area contributed by atoms with Crippen LogP contribution in [0.25, 0.3) is 10.9 Å². The Morgan fingerprint density at radius 1 is 1.20 bits per heavy atom. The smallest absolute Gasteiger partial charge is 0.270 e. The Balaban J connectivity index is 2.07. The molecule has 3 rings (SSSR count). The van der Waals surface area contributed by atoms with E-state index in [0.717, 1.165) is 22.0 Å². The number of aryl methyl sites for hydroxylation is 1. The van der Waals surface area contributed by atoms with Crippen molar-refractivity contribution in [1.29, 1.82) is 0 Å². The van der Waals surface area contributed by atoms with Gasteiger partial charge in [-0.05, 0) is 30.2 Å². The zero-order valence-electron chi connectivity index (χ0n) is 14.3. The molecule has 0 aliphatic heterocycles. The average molecular weight is 338 g/mol. The standard InChI is InChI=1S/C19H18N2O4/c1-12(22)13-4-5-14(19(9-13)25-3)8-15-11-20(2)18-7-6-16(21(23)24)10-17(15)18/h4-7,9-11H,8H2,1-3H3. The Kier molecular flexibility index (Phi) is 4.27. The normalized spacial score (nSPS) is 10.8. The molecule has 0 unspecified atom stereocenters. The van der Waals surface area contributed by atoms with Crippen LogP contribution in [0.2, 0.25) is 0 Å². The van der Waals surface area contributed by atoms with Crippen LogP contribution in [0.3, 0.4) is 0 Å². The van der Waals surface area contributed by atoms with Crippen molar-refractivity contribution in [2.75, 3.05) is 7.11 Å². The van der Waals surface area contributed by atoms with Gasteiger partial charge in [-0.3, -0.25) is 14.9 Å². The summed E-state index contributed by atoms with van der Waals surface area (Å²) in [6.45, 7) is 1.51. The summed E-state index contributed by atoms with van der Waals surface area (Å²) in [5.74, 6) is 0.612. The minimum atomic E-state index is -0.390. The molecular formula is C19H18N2O4. The van der Waals surface area contributed by atoms with Crippen molar-refractivity contribution >= 4 is 22.4 Å². The molecule has 128 valence electrons. The third kappa shape index (κ3) is 3.10. The number of ether oxygens (including phenoxy) is 1. The molecule has 1 aromatic heterocycles. The summed E-state index contributed by atoms with van der Waals surface area (Å²) in [6, 6.07) is 10.2. The van der Waals surface area contributed by atoms with Gasteiger partial charge in [-0.15, -0.1) is 0 Å². The van der Waals surface area contributed by atoms with Crippen LogP contribution in [0, 0.1) is 10.1 Å². The summed E-state index contributed by atoms with van der Waals surface area (Å²) >= 11 is 0. The Morgan fingerprint density at radius 3 is 2.60 bits per heavy atom. The number of carbonyl (C=O) groups is 1. The van der Waals surface area contributed by atoms with Crippen molar-refractivity contribution in [3.63, 3.8) is 0 Å². The van der Waals surface area contributed by atoms with E-state index in [1.165, 1.54) is 13.0 Å². The molecular weight excluding hydrogens is 320 g/mol. The number of rotatable bonds is 5. The SMILES string of the molecule is COc1cc(C(C)=O)ccc1Cc1cn(C)c2ccc([N+](=O)[O-])cc12. The molecule has 0 N–H and O–H groups in total. The molecule has 0 aliphatic rings. The van der Waals surface area contributed by atoms with Gasteiger partial charge in [-0.25, -0.2) is 0 Å². The lowest BCUT2D eigenvalue weighted by Crippen LogP contribution is -1.98. The number of hydrogen-bond donors (Lipinski definition) is 0. The van der Waals surface area contributed by atoms with Crippen molar-refractivity contribution in [2.45, 2.75) is 13.3 Å². The summed E-state index contributed by atoms with van der Waals surface area (Å²) in [4.78, 5) is 22.2. The van der Waals surface area contributed by atoms with Crippen LogP contribution in [0.1, 0.15) is 28.4 Å². The maximum Gasteiger partial charge on any atom is 0.270 e. The molecule has 6 heteroatoms. The molecule has 0 atom stereocenters. The highest BCUT2D eigenvalue weighted by molar-refractivity contribution is 5.94. The molecule has 1 heterocycles. The van der Waals surface area contributed by atoms with Gasteiger partial charge in [0.2, 0.25) is 0 Å². The third-order valence-corrected chi connectivity index (χ3v) is 4.34. The topological polar surface area (TPSA) is 74.4 Å². The fourth-order valence-electron chi connectivity index (χ4n) is 3.03. The lowest BCUT2D eigenvalue weighted by molar-refractivity contribution is -0.384. The molecule has 2 aromatic carbocycles. The van der Waals surface area contributed by atoms with Crippen LogP contribution in [-0.2, 0) is 13.5 Å². The number of benzene rings is 2. The van der Waals surface area contributed by atoms with Crippen molar-refractivity contribution in [2.24, 2.45) is 7.05 Å². The second-order valence-electron chi connectivity index (χ2n) is 5.98. The van der Waals surface area contributed by atoms with E-state index in [9.17, 15) is 14.9 Å². The van der Waals surface area contributed by atoms with E-state index in [-0.39, 0.29) is 11.5 Å². The molecule has 0 saturated carbocycles. The van der Waals surface area contributed by atoms with Gasteiger partial charge in [0.05, 0.1) is 12.0 Å². The predicted molar refractivity (Wildman–Crippen MR) is 95.4 cm³/mol. The number of nitro benzene ring substituents is 1. The number of non-ortho nitro benzene ring substituents is 1. The number of ketones is 1. The fourth-order valence-corrected chi connectivity index (χ4v) is 3.03. The van der Waals surface area contributed by atoms with Crippen molar-refractivity contribution in [1.82, 2.24) is 4.57 Å². The van der Waals surface area contributed by atoms with Gasteiger partial charge in [-0.1, -0.05) is 12.1 Å². The van der Waals surface area contributed by atoms with Gasteiger partial charge >= 0.3 is 0 Å². The Labute approximate surface area is 144 Å². The average Bonchev–Trinajstić information content (AvgIpc) is 2.90. The summed E-state index contributed by atoms with van der Waals surface area (Å²) in [5.41, 5.74) is 3.48. The fraction of sp³-hybridized carbons (Fsp3) is 0.211.